The van der Waals surface area contributed by atoms with E-state index in [0.717, 1.165) is 30.4 Å². The van der Waals surface area contributed by atoms with E-state index in [9.17, 15) is 0 Å². The molecule has 0 heterocycles. The molecule has 0 amide bonds. The van der Waals surface area contributed by atoms with Gasteiger partial charge in [-0.25, -0.2) is 0 Å². The number of hydrogen-bond donors (Lipinski definition) is 2. The molecule has 1 aliphatic rings. The summed E-state index contributed by atoms with van der Waals surface area (Å²) in [7, 11) is 3.48. The topological polar surface area (TPSA) is 54.9 Å². The fourth-order valence-electron chi connectivity index (χ4n) is 2.60. The van der Waals surface area contributed by atoms with Crippen LogP contribution < -0.4 is 20.1 Å². The van der Waals surface area contributed by atoms with Gasteiger partial charge in [-0.1, -0.05) is 12.8 Å². The average Bonchev–Trinajstić information content (AvgIpc) is 3.07. The Morgan fingerprint density at radius 2 is 1.86 bits per heavy atom. The van der Waals surface area contributed by atoms with Crippen molar-refractivity contribution in [1.82, 2.24) is 10.6 Å². The average molecular weight is 305 g/mol. The van der Waals surface area contributed by atoms with E-state index >= 15 is 0 Å². The fraction of sp³-hybridized carbons (Fsp3) is 0.588. The first-order chi connectivity index (χ1) is 10.8. The number of benzene rings is 1. The molecule has 5 nitrogen and oxygen atoms in total. The van der Waals surface area contributed by atoms with Crippen LogP contribution in [0.2, 0.25) is 0 Å². The largest absolute Gasteiger partial charge is 0.497 e. The third-order valence-electron chi connectivity index (χ3n) is 3.86. The van der Waals surface area contributed by atoms with Crippen LogP contribution in [0.5, 0.6) is 11.5 Å². The van der Waals surface area contributed by atoms with Gasteiger partial charge in [-0.3, -0.25) is 4.99 Å². The zero-order chi connectivity index (χ0) is 15.6. The zero-order valence-electron chi connectivity index (χ0n) is 13.6. The van der Waals surface area contributed by atoms with E-state index in [1.54, 1.807) is 7.11 Å². The molecule has 0 unspecified atom stereocenters. The molecule has 1 aromatic rings. The van der Waals surface area contributed by atoms with Gasteiger partial charge in [0.1, 0.15) is 11.5 Å². The lowest BCUT2D eigenvalue weighted by Crippen LogP contribution is -2.42. The summed E-state index contributed by atoms with van der Waals surface area (Å²) in [6.45, 7) is 1.53. The third kappa shape index (κ3) is 5.47. The summed E-state index contributed by atoms with van der Waals surface area (Å²) >= 11 is 0. The minimum Gasteiger partial charge on any atom is -0.497 e. The van der Waals surface area contributed by atoms with Gasteiger partial charge in [0.05, 0.1) is 13.7 Å². The monoisotopic (exact) mass is 305 g/mol. The quantitative estimate of drug-likeness (QED) is 0.462. The standard InChI is InChI=1S/C17H27N3O2/c1-18-17(20-14-6-3-4-7-14)19-12-5-13-22-16-10-8-15(21-2)9-11-16/h8-11,14H,3-7,12-13H2,1-2H3,(H2,18,19,20). The van der Waals surface area contributed by atoms with Crippen molar-refractivity contribution in [3.63, 3.8) is 0 Å². The Bertz CT molecular complexity index is 453. The van der Waals surface area contributed by atoms with Crippen LogP contribution >= 0.6 is 0 Å². The summed E-state index contributed by atoms with van der Waals surface area (Å²) in [5, 5.41) is 6.81. The lowest BCUT2D eigenvalue weighted by atomic mass is 10.2. The Balaban J connectivity index is 1.59. The van der Waals surface area contributed by atoms with Gasteiger partial charge in [-0.15, -0.1) is 0 Å². The van der Waals surface area contributed by atoms with Crippen molar-refractivity contribution in [2.75, 3.05) is 27.3 Å². The van der Waals surface area contributed by atoms with Crippen LogP contribution in [0.4, 0.5) is 0 Å². The van der Waals surface area contributed by atoms with Crippen LogP contribution in [-0.4, -0.2) is 39.3 Å². The Morgan fingerprint density at radius 3 is 2.50 bits per heavy atom. The smallest absolute Gasteiger partial charge is 0.191 e. The Morgan fingerprint density at radius 1 is 1.18 bits per heavy atom. The Hall–Kier alpha value is -1.91. The predicted molar refractivity (Wildman–Crippen MR) is 89.9 cm³/mol. The molecule has 0 atom stereocenters. The molecule has 0 aromatic heterocycles. The molecule has 0 aliphatic heterocycles. The molecule has 0 saturated heterocycles. The van der Waals surface area contributed by atoms with Gasteiger partial charge in [-0.2, -0.15) is 0 Å². The lowest BCUT2D eigenvalue weighted by Gasteiger charge is -2.16. The summed E-state index contributed by atoms with van der Waals surface area (Å²) < 4.78 is 10.8. The van der Waals surface area contributed by atoms with Crippen LogP contribution in [0.3, 0.4) is 0 Å². The molecule has 0 spiro atoms. The number of hydrogen-bond acceptors (Lipinski definition) is 3. The molecule has 5 heteroatoms. The minimum atomic E-state index is 0.585. The molecular formula is C17H27N3O2. The van der Waals surface area contributed by atoms with Crippen molar-refractivity contribution < 1.29 is 9.47 Å². The molecule has 2 N–H and O–H groups in total. The van der Waals surface area contributed by atoms with E-state index in [4.69, 9.17) is 9.47 Å². The highest BCUT2D eigenvalue weighted by Crippen LogP contribution is 2.18. The highest BCUT2D eigenvalue weighted by molar-refractivity contribution is 5.79. The maximum Gasteiger partial charge on any atom is 0.191 e. The van der Waals surface area contributed by atoms with E-state index in [-0.39, 0.29) is 0 Å². The summed E-state index contributed by atoms with van der Waals surface area (Å²) in [5.41, 5.74) is 0. The van der Waals surface area contributed by atoms with Gasteiger partial charge >= 0.3 is 0 Å². The van der Waals surface area contributed by atoms with Gasteiger partial charge in [-0.05, 0) is 43.5 Å². The lowest BCUT2D eigenvalue weighted by molar-refractivity contribution is 0.310. The van der Waals surface area contributed by atoms with E-state index in [2.05, 4.69) is 15.6 Å². The number of aliphatic imine (C=N–C) groups is 1. The van der Waals surface area contributed by atoms with Crippen LogP contribution in [0.1, 0.15) is 32.1 Å². The summed E-state index contributed by atoms with van der Waals surface area (Å²) in [4.78, 5) is 4.27. The summed E-state index contributed by atoms with van der Waals surface area (Å²) in [5.74, 6) is 2.61. The van der Waals surface area contributed by atoms with Gasteiger partial charge in [0, 0.05) is 19.6 Å². The number of ether oxygens (including phenoxy) is 2. The van der Waals surface area contributed by atoms with E-state index < -0.39 is 0 Å². The van der Waals surface area contributed by atoms with Crippen molar-refractivity contribution >= 4 is 5.96 Å². The first kappa shape index (κ1) is 16.5. The Labute approximate surface area is 133 Å². The van der Waals surface area contributed by atoms with Crippen molar-refractivity contribution in [3.8, 4) is 11.5 Å². The summed E-state index contributed by atoms with van der Waals surface area (Å²) in [6.07, 6.45) is 6.08. The SMILES string of the molecule is CN=C(NCCCOc1ccc(OC)cc1)NC1CCCC1. The van der Waals surface area contributed by atoms with Gasteiger partial charge in [0.15, 0.2) is 5.96 Å². The van der Waals surface area contributed by atoms with Crippen LogP contribution in [-0.2, 0) is 0 Å². The molecule has 2 rings (SSSR count). The Kier molecular flexibility index (Phi) is 6.87. The van der Waals surface area contributed by atoms with Crippen LogP contribution in [0, 0.1) is 0 Å². The van der Waals surface area contributed by atoms with Crippen molar-refractivity contribution in [3.05, 3.63) is 24.3 Å². The molecule has 1 aromatic carbocycles. The first-order valence-electron chi connectivity index (χ1n) is 8.06. The predicted octanol–water partition coefficient (Wildman–Crippen LogP) is 2.57. The fourth-order valence-corrected chi connectivity index (χ4v) is 2.60. The number of rotatable bonds is 7. The van der Waals surface area contributed by atoms with Gasteiger partial charge in [0.2, 0.25) is 0 Å². The number of nitrogens with one attached hydrogen (secondary N) is 2. The number of guanidine groups is 1. The van der Waals surface area contributed by atoms with E-state index in [1.807, 2.05) is 31.3 Å². The van der Waals surface area contributed by atoms with Gasteiger partial charge < -0.3 is 20.1 Å². The van der Waals surface area contributed by atoms with Crippen LogP contribution in [0.25, 0.3) is 0 Å². The molecule has 0 radical (unpaired) electrons. The second-order valence-electron chi connectivity index (χ2n) is 5.50. The van der Waals surface area contributed by atoms with Crippen molar-refractivity contribution in [1.29, 1.82) is 0 Å². The highest BCUT2D eigenvalue weighted by Gasteiger charge is 2.15. The first-order valence-corrected chi connectivity index (χ1v) is 8.06. The zero-order valence-corrected chi connectivity index (χ0v) is 13.6. The second-order valence-corrected chi connectivity index (χ2v) is 5.50. The van der Waals surface area contributed by atoms with Crippen molar-refractivity contribution in [2.45, 2.75) is 38.1 Å². The normalized spacial score (nSPS) is 15.6. The third-order valence-corrected chi connectivity index (χ3v) is 3.86. The maximum absolute atomic E-state index is 5.70. The molecular weight excluding hydrogens is 278 g/mol. The number of nitrogens with zero attached hydrogens (tertiary/aromatic N) is 1. The molecule has 1 aliphatic carbocycles. The maximum atomic E-state index is 5.70. The summed E-state index contributed by atoms with van der Waals surface area (Å²) in [6, 6.07) is 8.24. The molecule has 1 saturated carbocycles. The second kappa shape index (κ2) is 9.18. The van der Waals surface area contributed by atoms with E-state index in [0.29, 0.717) is 12.6 Å². The van der Waals surface area contributed by atoms with Gasteiger partial charge in [0.25, 0.3) is 0 Å². The molecule has 1 fully saturated rings. The molecule has 22 heavy (non-hydrogen) atoms. The molecule has 122 valence electrons. The highest BCUT2D eigenvalue weighted by atomic mass is 16.5. The number of methoxy groups -OCH3 is 1. The minimum absolute atomic E-state index is 0.585. The van der Waals surface area contributed by atoms with Crippen molar-refractivity contribution in [2.24, 2.45) is 4.99 Å². The van der Waals surface area contributed by atoms with E-state index in [1.165, 1.54) is 25.7 Å². The van der Waals surface area contributed by atoms with Crippen LogP contribution in [0.15, 0.2) is 29.3 Å². The molecule has 0 bridgehead atoms.